The third-order valence-electron chi connectivity index (χ3n) is 5.92. The number of rotatable bonds is 5. The Bertz CT molecular complexity index is 1280. The highest BCUT2D eigenvalue weighted by Crippen LogP contribution is 2.31. The summed E-state index contributed by atoms with van der Waals surface area (Å²) in [5.41, 5.74) is 0.922. The zero-order valence-corrected chi connectivity index (χ0v) is 18.9. The van der Waals surface area contributed by atoms with E-state index in [0.29, 0.717) is 10.7 Å². The van der Waals surface area contributed by atoms with Crippen LogP contribution >= 0.6 is 11.3 Å². The van der Waals surface area contributed by atoms with Gasteiger partial charge in [-0.2, -0.15) is 0 Å². The predicted octanol–water partition coefficient (Wildman–Crippen LogP) is 4.42. The molecule has 2 aromatic heterocycles. The summed E-state index contributed by atoms with van der Waals surface area (Å²) in [6.45, 7) is 2.02. The smallest absolute Gasteiger partial charge is 0.261 e. The minimum absolute atomic E-state index is 0.0341. The average Bonchev–Trinajstić information content (AvgIpc) is 3.26. The lowest BCUT2D eigenvalue weighted by Crippen LogP contribution is -2.43. The van der Waals surface area contributed by atoms with Gasteiger partial charge in [-0.3, -0.25) is 4.79 Å². The molecule has 0 bridgehead atoms. The number of hydrogen-bond donors (Lipinski definition) is 2. The Morgan fingerprint density at radius 2 is 1.88 bits per heavy atom. The number of carbonyl (C=O) groups excluding carboxylic acids is 1. The van der Waals surface area contributed by atoms with Gasteiger partial charge in [-0.15, -0.1) is 11.3 Å². The van der Waals surface area contributed by atoms with Crippen LogP contribution in [-0.2, 0) is 0 Å². The van der Waals surface area contributed by atoms with Crippen LogP contribution in [-0.4, -0.2) is 54.1 Å². The number of benzene rings is 2. The van der Waals surface area contributed by atoms with Crippen molar-refractivity contribution in [3.8, 4) is 5.75 Å². The number of aromatic nitrogens is 2. The van der Waals surface area contributed by atoms with E-state index in [2.05, 4.69) is 38.6 Å². The van der Waals surface area contributed by atoms with E-state index in [1.807, 2.05) is 36.4 Å². The molecule has 164 valence electrons. The SMILES string of the molecule is COc1ccc2cc(Nc3ncnc4sc(C(=O)NC5CCN(C)CC5)cc34)ccc2c1. The third-order valence-corrected chi connectivity index (χ3v) is 6.96. The van der Waals surface area contributed by atoms with E-state index in [1.54, 1.807) is 7.11 Å². The summed E-state index contributed by atoms with van der Waals surface area (Å²) in [5, 5.41) is 9.63. The summed E-state index contributed by atoms with van der Waals surface area (Å²) in [4.78, 5) is 25.4. The van der Waals surface area contributed by atoms with Crippen molar-refractivity contribution in [2.24, 2.45) is 0 Å². The maximum Gasteiger partial charge on any atom is 0.261 e. The van der Waals surface area contributed by atoms with Crippen LogP contribution in [0.25, 0.3) is 21.0 Å². The first-order valence-corrected chi connectivity index (χ1v) is 11.5. The van der Waals surface area contributed by atoms with Crippen LogP contribution in [0.1, 0.15) is 22.5 Å². The number of anilines is 2. The molecule has 1 aliphatic rings. The number of ether oxygens (including phenoxy) is 1. The van der Waals surface area contributed by atoms with Gasteiger partial charge in [0.1, 0.15) is 22.7 Å². The van der Waals surface area contributed by atoms with Crippen LogP contribution in [0.5, 0.6) is 5.75 Å². The first-order valence-electron chi connectivity index (χ1n) is 10.7. The van der Waals surface area contributed by atoms with Crippen LogP contribution in [0.15, 0.2) is 48.8 Å². The molecular weight excluding hydrogens is 422 g/mol. The standard InChI is InChI=1S/C24H25N5O2S/c1-29-9-7-17(8-10-29)28-23(30)21-13-20-22(25-14-26-24(20)32-21)27-18-5-3-16-12-19(31-2)6-4-15(16)11-18/h3-6,11-14,17H,7-10H2,1-2H3,(H,28,30)(H,25,26,27). The van der Waals surface area contributed by atoms with Crippen LogP contribution in [0.3, 0.4) is 0 Å². The second kappa shape index (κ2) is 8.72. The summed E-state index contributed by atoms with van der Waals surface area (Å²) in [6.07, 6.45) is 3.49. The number of methoxy groups -OCH3 is 1. The second-order valence-electron chi connectivity index (χ2n) is 8.16. The number of nitrogens with one attached hydrogen (secondary N) is 2. The summed E-state index contributed by atoms with van der Waals surface area (Å²) in [7, 11) is 3.78. The van der Waals surface area contributed by atoms with Crippen molar-refractivity contribution < 1.29 is 9.53 Å². The van der Waals surface area contributed by atoms with Crippen molar-refractivity contribution in [1.29, 1.82) is 0 Å². The van der Waals surface area contributed by atoms with Gasteiger partial charge in [-0.1, -0.05) is 12.1 Å². The highest BCUT2D eigenvalue weighted by molar-refractivity contribution is 7.20. The summed E-state index contributed by atoms with van der Waals surface area (Å²) < 4.78 is 5.30. The lowest BCUT2D eigenvalue weighted by molar-refractivity contribution is 0.0921. The molecule has 0 radical (unpaired) electrons. The minimum atomic E-state index is -0.0341. The zero-order valence-electron chi connectivity index (χ0n) is 18.1. The number of nitrogens with zero attached hydrogens (tertiary/aromatic N) is 3. The summed E-state index contributed by atoms with van der Waals surface area (Å²) in [5.74, 6) is 1.49. The quantitative estimate of drug-likeness (QED) is 0.471. The Morgan fingerprint density at radius 1 is 1.09 bits per heavy atom. The van der Waals surface area contributed by atoms with Gasteiger partial charge in [0.25, 0.3) is 5.91 Å². The van der Waals surface area contributed by atoms with E-state index >= 15 is 0 Å². The number of carbonyl (C=O) groups is 1. The average molecular weight is 448 g/mol. The number of likely N-dealkylation sites (tertiary alicyclic amines) is 1. The van der Waals surface area contributed by atoms with Gasteiger partial charge in [0.2, 0.25) is 0 Å². The summed E-state index contributed by atoms with van der Waals surface area (Å²) in [6, 6.07) is 14.2. The minimum Gasteiger partial charge on any atom is -0.497 e. The molecule has 0 atom stereocenters. The fourth-order valence-corrected chi connectivity index (χ4v) is 4.94. The molecule has 5 rings (SSSR count). The Balaban J connectivity index is 1.37. The highest BCUT2D eigenvalue weighted by Gasteiger charge is 2.21. The van der Waals surface area contributed by atoms with Gasteiger partial charge < -0.3 is 20.3 Å². The van der Waals surface area contributed by atoms with Crippen LogP contribution in [0.2, 0.25) is 0 Å². The monoisotopic (exact) mass is 447 g/mol. The molecule has 3 heterocycles. The molecule has 1 amide bonds. The van der Waals surface area contributed by atoms with Crippen molar-refractivity contribution >= 4 is 49.7 Å². The largest absolute Gasteiger partial charge is 0.497 e. The molecular formula is C24H25N5O2S. The predicted molar refractivity (Wildman–Crippen MR) is 129 cm³/mol. The molecule has 1 saturated heterocycles. The van der Waals surface area contributed by atoms with E-state index in [4.69, 9.17) is 4.74 Å². The molecule has 2 N–H and O–H groups in total. The molecule has 32 heavy (non-hydrogen) atoms. The molecule has 8 heteroatoms. The molecule has 0 saturated carbocycles. The number of fused-ring (bicyclic) bond motifs is 2. The Hall–Kier alpha value is -3.23. The van der Waals surface area contributed by atoms with Crippen molar-refractivity contribution in [2.45, 2.75) is 18.9 Å². The molecule has 0 aliphatic carbocycles. The highest BCUT2D eigenvalue weighted by atomic mass is 32.1. The fraction of sp³-hybridized carbons (Fsp3) is 0.292. The van der Waals surface area contributed by atoms with E-state index in [-0.39, 0.29) is 11.9 Å². The topological polar surface area (TPSA) is 79.4 Å². The second-order valence-corrected chi connectivity index (χ2v) is 9.19. The molecule has 4 aromatic rings. The van der Waals surface area contributed by atoms with Gasteiger partial charge in [0, 0.05) is 11.7 Å². The lowest BCUT2D eigenvalue weighted by Gasteiger charge is -2.29. The van der Waals surface area contributed by atoms with Gasteiger partial charge in [0.15, 0.2) is 0 Å². The number of amides is 1. The maximum absolute atomic E-state index is 12.8. The van der Waals surface area contributed by atoms with Crippen molar-refractivity contribution in [3.63, 3.8) is 0 Å². The van der Waals surface area contributed by atoms with Crippen LogP contribution < -0.4 is 15.4 Å². The number of hydrogen-bond acceptors (Lipinski definition) is 7. The van der Waals surface area contributed by atoms with Gasteiger partial charge in [0.05, 0.1) is 17.4 Å². The van der Waals surface area contributed by atoms with Crippen LogP contribution in [0.4, 0.5) is 11.5 Å². The molecule has 0 spiro atoms. The Morgan fingerprint density at radius 3 is 2.69 bits per heavy atom. The van der Waals surface area contributed by atoms with Crippen LogP contribution in [0, 0.1) is 0 Å². The maximum atomic E-state index is 12.8. The van der Waals surface area contributed by atoms with E-state index in [0.717, 1.165) is 58.4 Å². The number of piperidine rings is 1. The third kappa shape index (κ3) is 4.24. The lowest BCUT2D eigenvalue weighted by atomic mass is 10.1. The van der Waals surface area contributed by atoms with E-state index in [1.165, 1.54) is 17.7 Å². The van der Waals surface area contributed by atoms with Gasteiger partial charge in [-0.05, 0) is 74.1 Å². The molecule has 1 aliphatic heterocycles. The normalized spacial score (nSPS) is 15.2. The first-order chi connectivity index (χ1) is 15.6. The Kier molecular flexibility index (Phi) is 5.63. The fourth-order valence-electron chi connectivity index (χ4n) is 4.04. The molecule has 0 unspecified atom stereocenters. The first kappa shape index (κ1) is 20.7. The van der Waals surface area contributed by atoms with Gasteiger partial charge in [-0.25, -0.2) is 9.97 Å². The number of thiophene rings is 1. The molecule has 7 nitrogen and oxygen atoms in total. The van der Waals surface area contributed by atoms with Crippen molar-refractivity contribution in [1.82, 2.24) is 20.2 Å². The molecule has 1 fully saturated rings. The van der Waals surface area contributed by atoms with E-state index in [9.17, 15) is 4.79 Å². The molecule has 2 aromatic carbocycles. The summed E-state index contributed by atoms with van der Waals surface area (Å²) >= 11 is 1.40. The Labute approximate surface area is 190 Å². The van der Waals surface area contributed by atoms with Gasteiger partial charge >= 0.3 is 0 Å². The van der Waals surface area contributed by atoms with E-state index < -0.39 is 0 Å². The zero-order chi connectivity index (χ0) is 22.1. The van der Waals surface area contributed by atoms with Crippen molar-refractivity contribution in [3.05, 3.63) is 53.7 Å². The van der Waals surface area contributed by atoms with Crippen molar-refractivity contribution in [2.75, 3.05) is 32.6 Å².